The Morgan fingerprint density at radius 3 is 2.65 bits per heavy atom. The quantitative estimate of drug-likeness (QED) is 0.579. The van der Waals surface area contributed by atoms with Gasteiger partial charge in [0.1, 0.15) is 5.69 Å². The lowest BCUT2D eigenvalue weighted by Crippen LogP contribution is -2.14. The molecule has 2 heterocycles. The second kappa shape index (κ2) is 5.11. The maximum absolute atomic E-state index is 12.0. The molecule has 0 unspecified atom stereocenters. The average Bonchev–Trinajstić information content (AvgIpc) is 2.95. The lowest BCUT2D eigenvalue weighted by atomic mass is 10.1. The standard InChI is InChI=1S/C11H14N6O3/c1-5(2)7-4-8(15-14-7)12-11(18)9-10(17(19)20)6(3)13-16-9/h4-5H,1-3H3,(H,13,16)(H2,12,14,15,18). The van der Waals surface area contributed by atoms with Gasteiger partial charge in [-0.05, 0) is 12.8 Å². The number of H-pyrrole nitrogens is 2. The zero-order valence-electron chi connectivity index (χ0n) is 11.2. The Morgan fingerprint density at radius 1 is 1.40 bits per heavy atom. The molecular formula is C11H14N6O3. The minimum absolute atomic E-state index is 0.227. The van der Waals surface area contributed by atoms with Crippen molar-refractivity contribution in [2.45, 2.75) is 26.7 Å². The van der Waals surface area contributed by atoms with Gasteiger partial charge in [0.25, 0.3) is 5.91 Å². The number of nitro groups is 1. The van der Waals surface area contributed by atoms with Crippen LogP contribution in [0.25, 0.3) is 0 Å². The molecule has 1 amide bonds. The number of hydrogen-bond acceptors (Lipinski definition) is 5. The summed E-state index contributed by atoms with van der Waals surface area (Å²) in [6, 6.07) is 1.67. The average molecular weight is 278 g/mol. The number of amides is 1. The van der Waals surface area contributed by atoms with Crippen molar-refractivity contribution in [3.05, 3.63) is 33.3 Å². The summed E-state index contributed by atoms with van der Waals surface area (Å²) < 4.78 is 0. The molecule has 9 heteroatoms. The fourth-order valence-electron chi connectivity index (χ4n) is 1.68. The minimum Gasteiger partial charge on any atom is -0.303 e. The summed E-state index contributed by atoms with van der Waals surface area (Å²) in [5.41, 5.74) is 0.488. The minimum atomic E-state index is -0.678. The maximum Gasteiger partial charge on any atom is 0.322 e. The molecule has 0 aliphatic heterocycles. The second-order valence-corrected chi connectivity index (χ2v) is 4.62. The number of aromatic amines is 2. The molecule has 2 aromatic heterocycles. The fraction of sp³-hybridized carbons (Fsp3) is 0.364. The highest BCUT2D eigenvalue weighted by Crippen LogP contribution is 2.21. The number of carbonyl (C=O) groups excluding carboxylic acids is 1. The van der Waals surface area contributed by atoms with E-state index in [9.17, 15) is 14.9 Å². The van der Waals surface area contributed by atoms with E-state index in [-0.39, 0.29) is 23.0 Å². The summed E-state index contributed by atoms with van der Waals surface area (Å²) in [6.45, 7) is 5.43. The van der Waals surface area contributed by atoms with Crippen LogP contribution in [0.15, 0.2) is 6.07 Å². The molecular weight excluding hydrogens is 264 g/mol. The first-order valence-electron chi connectivity index (χ1n) is 5.96. The highest BCUT2D eigenvalue weighted by atomic mass is 16.6. The number of anilines is 1. The van der Waals surface area contributed by atoms with Crippen molar-refractivity contribution in [3.8, 4) is 0 Å². The first-order valence-corrected chi connectivity index (χ1v) is 5.96. The Hall–Kier alpha value is -2.71. The van der Waals surface area contributed by atoms with Crippen molar-refractivity contribution in [2.75, 3.05) is 5.32 Å². The van der Waals surface area contributed by atoms with Crippen molar-refractivity contribution in [3.63, 3.8) is 0 Å². The molecule has 0 radical (unpaired) electrons. The van der Waals surface area contributed by atoms with Crippen LogP contribution >= 0.6 is 0 Å². The van der Waals surface area contributed by atoms with Crippen LogP contribution in [0.2, 0.25) is 0 Å². The van der Waals surface area contributed by atoms with Crippen LogP contribution in [-0.2, 0) is 0 Å². The molecule has 0 saturated carbocycles. The van der Waals surface area contributed by atoms with Crippen molar-refractivity contribution in [2.24, 2.45) is 0 Å². The van der Waals surface area contributed by atoms with E-state index in [0.29, 0.717) is 5.82 Å². The predicted octanol–water partition coefficient (Wildman–Crippen LogP) is 1.73. The van der Waals surface area contributed by atoms with Crippen LogP contribution in [-0.4, -0.2) is 31.2 Å². The number of nitrogens with one attached hydrogen (secondary N) is 3. The predicted molar refractivity (Wildman–Crippen MR) is 70.6 cm³/mol. The molecule has 106 valence electrons. The molecule has 2 aromatic rings. The summed E-state index contributed by atoms with van der Waals surface area (Å²) >= 11 is 0. The fourth-order valence-corrected chi connectivity index (χ4v) is 1.68. The monoisotopic (exact) mass is 278 g/mol. The zero-order chi connectivity index (χ0) is 14.9. The number of nitrogens with zero attached hydrogens (tertiary/aromatic N) is 3. The number of rotatable bonds is 4. The van der Waals surface area contributed by atoms with Crippen LogP contribution in [0.3, 0.4) is 0 Å². The van der Waals surface area contributed by atoms with Gasteiger partial charge in [0.15, 0.2) is 5.82 Å². The molecule has 3 N–H and O–H groups in total. The smallest absolute Gasteiger partial charge is 0.303 e. The summed E-state index contributed by atoms with van der Waals surface area (Å²) in [6.07, 6.45) is 0. The SMILES string of the molecule is Cc1[nH]nc(C(=O)Nc2cc(C(C)C)[nH]n2)c1[N+](=O)[O-]. The van der Waals surface area contributed by atoms with Gasteiger partial charge >= 0.3 is 5.69 Å². The first kappa shape index (κ1) is 13.7. The lowest BCUT2D eigenvalue weighted by Gasteiger charge is -1.98. The van der Waals surface area contributed by atoms with E-state index in [4.69, 9.17) is 0 Å². The van der Waals surface area contributed by atoms with Crippen LogP contribution in [0.1, 0.15) is 41.6 Å². The van der Waals surface area contributed by atoms with Crippen molar-refractivity contribution in [1.82, 2.24) is 20.4 Å². The van der Waals surface area contributed by atoms with Gasteiger partial charge in [0.2, 0.25) is 5.69 Å². The van der Waals surface area contributed by atoms with Gasteiger partial charge in [0, 0.05) is 11.8 Å². The third-order valence-electron chi connectivity index (χ3n) is 2.77. The van der Waals surface area contributed by atoms with Crippen LogP contribution < -0.4 is 5.32 Å². The first-order chi connectivity index (χ1) is 9.40. The Labute approximate surface area is 113 Å². The van der Waals surface area contributed by atoms with Crippen molar-refractivity contribution < 1.29 is 9.72 Å². The Kier molecular flexibility index (Phi) is 3.51. The molecule has 0 atom stereocenters. The topological polar surface area (TPSA) is 130 Å². The Morgan fingerprint density at radius 2 is 2.10 bits per heavy atom. The summed E-state index contributed by atoms with van der Waals surface area (Å²) in [4.78, 5) is 22.2. The molecule has 0 aliphatic rings. The highest BCUT2D eigenvalue weighted by Gasteiger charge is 2.27. The summed E-state index contributed by atoms with van der Waals surface area (Å²) in [7, 11) is 0. The highest BCUT2D eigenvalue weighted by molar-refractivity contribution is 6.05. The van der Waals surface area contributed by atoms with E-state index in [1.807, 2.05) is 13.8 Å². The molecule has 0 spiro atoms. The van der Waals surface area contributed by atoms with Gasteiger partial charge < -0.3 is 5.32 Å². The van der Waals surface area contributed by atoms with E-state index >= 15 is 0 Å². The van der Waals surface area contributed by atoms with Crippen molar-refractivity contribution >= 4 is 17.4 Å². The molecule has 2 rings (SSSR count). The van der Waals surface area contributed by atoms with Gasteiger partial charge in [-0.2, -0.15) is 10.2 Å². The number of hydrogen-bond donors (Lipinski definition) is 3. The number of aryl methyl sites for hydroxylation is 1. The van der Waals surface area contributed by atoms with Gasteiger partial charge in [-0.15, -0.1) is 0 Å². The van der Waals surface area contributed by atoms with E-state index in [1.54, 1.807) is 6.07 Å². The van der Waals surface area contributed by atoms with Gasteiger partial charge in [-0.1, -0.05) is 13.8 Å². The third-order valence-corrected chi connectivity index (χ3v) is 2.77. The van der Waals surface area contributed by atoms with Crippen LogP contribution in [0.4, 0.5) is 11.5 Å². The van der Waals surface area contributed by atoms with Gasteiger partial charge in [0.05, 0.1) is 4.92 Å². The number of aromatic nitrogens is 4. The van der Waals surface area contributed by atoms with Gasteiger partial charge in [-0.25, -0.2) is 0 Å². The third kappa shape index (κ3) is 2.51. The lowest BCUT2D eigenvalue weighted by molar-refractivity contribution is -0.385. The van der Waals surface area contributed by atoms with E-state index in [1.165, 1.54) is 6.92 Å². The molecule has 0 bridgehead atoms. The van der Waals surface area contributed by atoms with E-state index in [2.05, 4.69) is 25.7 Å². The Balaban J connectivity index is 2.22. The molecule has 0 aliphatic carbocycles. The largest absolute Gasteiger partial charge is 0.322 e. The molecule has 0 aromatic carbocycles. The van der Waals surface area contributed by atoms with E-state index in [0.717, 1.165) is 5.69 Å². The van der Waals surface area contributed by atoms with Crippen molar-refractivity contribution in [1.29, 1.82) is 0 Å². The molecule has 9 nitrogen and oxygen atoms in total. The van der Waals surface area contributed by atoms with Crippen LogP contribution in [0, 0.1) is 17.0 Å². The maximum atomic E-state index is 12.0. The zero-order valence-corrected chi connectivity index (χ0v) is 11.2. The second-order valence-electron chi connectivity index (χ2n) is 4.62. The summed E-state index contributed by atoms with van der Waals surface area (Å²) in [5.74, 6) is -0.147. The molecule has 0 fully saturated rings. The molecule has 20 heavy (non-hydrogen) atoms. The molecule has 0 saturated heterocycles. The summed E-state index contributed by atoms with van der Waals surface area (Å²) in [5, 5.41) is 26.2. The Bertz CT molecular complexity index is 657. The van der Waals surface area contributed by atoms with Crippen LogP contribution in [0.5, 0.6) is 0 Å². The number of carbonyl (C=O) groups is 1. The van der Waals surface area contributed by atoms with E-state index < -0.39 is 10.8 Å². The normalized spacial score (nSPS) is 10.8. The van der Waals surface area contributed by atoms with Gasteiger partial charge in [-0.3, -0.25) is 25.1 Å².